The third-order valence-corrected chi connectivity index (χ3v) is 13.2. The summed E-state index contributed by atoms with van der Waals surface area (Å²) in [5.74, 6) is 4.46. The van der Waals surface area contributed by atoms with Crippen LogP contribution in [-0.2, 0) is 18.1 Å². The van der Waals surface area contributed by atoms with Crippen LogP contribution in [0.1, 0.15) is 55.9 Å². The number of alkyl halides is 3. The van der Waals surface area contributed by atoms with Gasteiger partial charge in [-0.05, 0) is 79.1 Å². The number of ether oxygens (including phenoxy) is 1. The van der Waals surface area contributed by atoms with Gasteiger partial charge < -0.3 is 9.30 Å². The highest BCUT2D eigenvalue weighted by atomic mass is 19.4. The Kier molecular flexibility index (Phi) is 3.82. The second kappa shape index (κ2) is 6.87. The second-order valence-electron chi connectivity index (χ2n) is 14.6. The SMILES string of the molecule is COc1ncnc(C2CC2)c1-c1ncc2ccc(=O)n(CC34C5C6C7C3C73C4C5C63c3nc(C(F)(F)F)cn3C(C)C)c2n1. The van der Waals surface area contributed by atoms with Gasteiger partial charge in [-0.2, -0.15) is 13.2 Å². The Morgan fingerprint density at radius 2 is 1.84 bits per heavy atom. The second-order valence-corrected chi connectivity index (χ2v) is 14.6. The predicted molar refractivity (Wildman–Crippen MR) is 148 cm³/mol. The Hall–Kier alpha value is -3.83. The number of fused-ring (bicyclic) bond motifs is 6. The largest absolute Gasteiger partial charge is 0.480 e. The van der Waals surface area contributed by atoms with E-state index in [1.807, 2.05) is 18.4 Å². The number of nitrogens with zero attached hydrogens (tertiary/aromatic N) is 7. The van der Waals surface area contributed by atoms with Gasteiger partial charge >= 0.3 is 6.18 Å². The Labute approximate surface area is 248 Å². The van der Waals surface area contributed by atoms with Crippen molar-refractivity contribution in [1.29, 1.82) is 0 Å². The molecule has 0 bridgehead atoms. The number of methoxy groups -OCH3 is 1. The van der Waals surface area contributed by atoms with Crippen LogP contribution in [0.15, 0.2) is 35.6 Å². The first-order valence-electron chi connectivity index (χ1n) is 15.6. The maximum atomic E-state index is 13.8. The normalized spacial score (nSPS) is 39.1. The van der Waals surface area contributed by atoms with Gasteiger partial charge in [0.2, 0.25) is 5.88 Å². The van der Waals surface area contributed by atoms with Crippen molar-refractivity contribution >= 4 is 11.0 Å². The lowest BCUT2D eigenvalue weighted by Gasteiger charge is -2.99. The molecule has 7 aliphatic rings. The van der Waals surface area contributed by atoms with E-state index in [9.17, 15) is 18.0 Å². The third-order valence-electron chi connectivity index (χ3n) is 13.2. The lowest BCUT2D eigenvalue weighted by Crippen LogP contribution is -3.00. The van der Waals surface area contributed by atoms with Crippen LogP contribution in [-0.4, -0.2) is 41.2 Å². The molecule has 11 rings (SSSR count). The Bertz CT molecular complexity index is 2070. The third kappa shape index (κ3) is 2.13. The van der Waals surface area contributed by atoms with E-state index in [4.69, 9.17) is 9.72 Å². The van der Waals surface area contributed by atoms with Crippen molar-refractivity contribution in [3.05, 3.63) is 58.4 Å². The summed E-state index contributed by atoms with van der Waals surface area (Å²) in [5.41, 5.74) is 1.19. The van der Waals surface area contributed by atoms with Gasteiger partial charge in [0.25, 0.3) is 5.56 Å². The number of aromatic nitrogens is 7. The molecule has 0 N–H and O–H groups in total. The number of rotatable bonds is 7. The Balaban J connectivity index is 0.988. The summed E-state index contributed by atoms with van der Waals surface area (Å²) in [5, 5.41) is 0.786. The molecule has 0 radical (unpaired) electrons. The predicted octanol–water partition coefficient (Wildman–Crippen LogP) is 4.62. The monoisotopic (exact) mass is 599 g/mol. The van der Waals surface area contributed by atoms with Crippen LogP contribution in [0.5, 0.6) is 5.88 Å². The first-order chi connectivity index (χ1) is 21.1. The van der Waals surface area contributed by atoms with Crippen molar-refractivity contribution in [2.75, 3.05) is 7.11 Å². The molecule has 44 heavy (non-hydrogen) atoms. The van der Waals surface area contributed by atoms with E-state index < -0.39 is 11.9 Å². The molecule has 4 aromatic rings. The van der Waals surface area contributed by atoms with E-state index in [0.717, 1.165) is 23.9 Å². The summed E-state index contributed by atoms with van der Waals surface area (Å²) in [6.07, 6.45) is 2.11. The number of halogens is 3. The van der Waals surface area contributed by atoms with Gasteiger partial charge in [0, 0.05) is 47.8 Å². The summed E-state index contributed by atoms with van der Waals surface area (Å²) in [7, 11) is 1.57. The Morgan fingerprint density at radius 3 is 2.50 bits per heavy atom. The van der Waals surface area contributed by atoms with Gasteiger partial charge in [-0.15, -0.1) is 0 Å². The zero-order chi connectivity index (χ0) is 29.9. The van der Waals surface area contributed by atoms with Gasteiger partial charge in [0.15, 0.2) is 11.5 Å². The van der Waals surface area contributed by atoms with Crippen LogP contribution < -0.4 is 10.3 Å². The van der Waals surface area contributed by atoms with Gasteiger partial charge in [0.1, 0.15) is 23.4 Å². The molecule has 4 heterocycles. The van der Waals surface area contributed by atoms with Crippen molar-refractivity contribution < 1.29 is 17.9 Å². The zero-order valence-corrected chi connectivity index (χ0v) is 24.2. The van der Waals surface area contributed by atoms with Gasteiger partial charge in [-0.1, -0.05) is 0 Å². The zero-order valence-electron chi connectivity index (χ0n) is 24.2. The molecule has 0 aromatic carbocycles. The molecule has 7 saturated carbocycles. The first-order valence-corrected chi connectivity index (χ1v) is 15.6. The molecule has 4 aromatic heterocycles. The Morgan fingerprint density at radius 1 is 1.05 bits per heavy atom. The molecule has 0 saturated heterocycles. The quantitative estimate of drug-likeness (QED) is 0.306. The summed E-state index contributed by atoms with van der Waals surface area (Å²) >= 11 is 0. The van der Waals surface area contributed by atoms with E-state index in [1.165, 1.54) is 12.5 Å². The van der Waals surface area contributed by atoms with E-state index >= 15 is 0 Å². The highest BCUT2D eigenvalue weighted by Gasteiger charge is 3.22. The van der Waals surface area contributed by atoms with Crippen LogP contribution in [0.4, 0.5) is 13.2 Å². The van der Waals surface area contributed by atoms with Crippen molar-refractivity contribution in [2.24, 2.45) is 46.3 Å². The van der Waals surface area contributed by atoms with Crippen molar-refractivity contribution in [3.63, 3.8) is 0 Å². The van der Waals surface area contributed by atoms with E-state index in [-0.39, 0.29) is 27.8 Å². The summed E-state index contributed by atoms with van der Waals surface area (Å²) in [4.78, 5) is 36.3. The van der Waals surface area contributed by atoms with Gasteiger partial charge in [-0.3, -0.25) is 9.36 Å². The average Bonchev–Trinajstić information content (AvgIpc) is 3.90. The topological polar surface area (TPSA) is 101 Å². The maximum Gasteiger partial charge on any atom is 0.434 e. The van der Waals surface area contributed by atoms with E-state index in [2.05, 4.69) is 19.9 Å². The minimum atomic E-state index is -4.46. The first kappa shape index (κ1) is 24.5. The van der Waals surface area contributed by atoms with Gasteiger partial charge in [-0.25, -0.2) is 24.9 Å². The molecule has 224 valence electrons. The number of hydrogen-bond acceptors (Lipinski definition) is 7. The summed E-state index contributed by atoms with van der Waals surface area (Å²) in [6, 6.07) is 3.28. The minimum absolute atomic E-state index is 0.0276. The molecule has 0 aliphatic heterocycles. The molecule has 7 fully saturated rings. The average molecular weight is 600 g/mol. The molecular weight excluding hydrogens is 571 g/mol. The van der Waals surface area contributed by atoms with Crippen LogP contribution >= 0.6 is 0 Å². The van der Waals surface area contributed by atoms with Crippen molar-refractivity contribution in [1.82, 2.24) is 34.1 Å². The van der Waals surface area contributed by atoms with Crippen molar-refractivity contribution in [2.45, 2.75) is 56.8 Å². The fourth-order valence-electron chi connectivity index (χ4n) is 12.4. The van der Waals surface area contributed by atoms with Crippen LogP contribution in [0.3, 0.4) is 0 Å². The summed E-state index contributed by atoms with van der Waals surface area (Å²) < 4.78 is 50.5. The maximum absolute atomic E-state index is 13.8. The lowest BCUT2D eigenvalue weighted by atomic mass is 9.03. The highest BCUT2D eigenvalue weighted by Crippen LogP contribution is 3.22. The molecular formula is C32H28F3N7O2. The highest BCUT2D eigenvalue weighted by molar-refractivity contribution is 5.78. The van der Waals surface area contributed by atoms with E-state index in [1.54, 1.807) is 30.0 Å². The molecule has 12 heteroatoms. The fourth-order valence-corrected chi connectivity index (χ4v) is 12.4. The van der Waals surface area contributed by atoms with Crippen LogP contribution in [0.2, 0.25) is 0 Å². The van der Waals surface area contributed by atoms with Crippen LogP contribution in [0.25, 0.3) is 22.4 Å². The van der Waals surface area contributed by atoms with Crippen LogP contribution in [0, 0.1) is 46.3 Å². The number of imidazole rings is 1. The number of hydrogen-bond donors (Lipinski definition) is 0. The molecule has 1 spiro atoms. The number of pyridine rings is 1. The van der Waals surface area contributed by atoms with Gasteiger partial charge in [0.05, 0.1) is 12.8 Å². The fraction of sp³-hybridized carbons (Fsp3) is 0.562. The standard InChI is InChI=1S/C32H28F3N7O2/c1-12(2)41-9-15(32(33,34)35)39-28(41)30-19-18-20(30)23-29(18,24-21(19)31(23,24)30)10-42-16(43)7-6-14-8-36-25(40-26(14)42)17-22(13-4-5-13)37-11-38-27(17)44-3/h6-9,11-13,18-21,23-24H,4-5,10H2,1-3H3. The van der Waals surface area contributed by atoms with Crippen molar-refractivity contribution in [3.8, 4) is 17.3 Å². The summed E-state index contributed by atoms with van der Waals surface area (Å²) in [6.45, 7) is 4.46. The van der Waals surface area contributed by atoms with E-state index in [0.29, 0.717) is 76.7 Å². The molecule has 9 unspecified atom stereocenters. The molecule has 9 nitrogen and oxygen atoms in total. The molecule has 7 aliphatic carbocycles. The molecule has 9 atom stereocenters. The smallest absolute Gasteiger partial charge is 0.434 e. The lowest BCUT2D eigenvalue weighted by molar-refractivity contribution is -0.514. The minimum Gasteiger partial charge on any atom is -0.480 e. The molecule has 0 amide bonds.